The minimum Gasteiger partial charge on any atom is -0.495 e. The van der Waals surface area contributed by atoms with Gasteiger partial charge in [-0.1, -0.05) is 12.1 Å². The largest absolute Gasteiger partial charge is 0.495 e. The van der Waals surface area contributed by atoms with Gasteiger partial charge in [0.15, 0.2) is 0 Å². The molecule has 0 bridgehead atoms. The zero-order valence-corrected chi connectivity index (χ0v) is 11.7. The van der Waals surface area contributed by atoms with Gasteiger partial charge in [0.2, 0.25) is 5.95 Å². The smallest absolute Gasteiger partial charge is 0.225 e. The van der Waals surface area contributed by atoms with Gasteiger partial charge < -0.3 is 15.4 Å². The van der Waals surface area contributed by atoms with E-state index in [-0.39, 0.29) is 0 Å². The van der Waals surface area contributed by atoms with Gasteiger partial charge in [-0.25, -0.2) is 4.98 Å². The molecule has 0 unspecified atom stereocenters. The van der Waals surface area contributed by atoms with E-state index in [4.69, 9.17) is 4.74 Å². The van der Waals surface area contributed by atoms with Crippen LogP contribution in [0.3, 0.4) is 0 Å². The van der Waals surface area contributed by atoms with Crippen molar-refractivity contribution in [3.05, 3.63) is 36.0 Å². The summed E-state index contributed by atoms with van der Waals surface area (Å²) in [6, 6.07) is 10.2. The predicted molar refractivity (Wildman–Crippen MR) is 79.7 cm³/mol. The van der Waals surface area contributed by atoms with Crippen molar-refractivity contribution in [2.24, 2.45) is 0 Å². The SMILES string of the molecule is COc1ccccc1Nc1cc(C)nc(NC2CC2)n1. The molecule has 0 radical (unpaired) electrons. The van der Waals surface area contributed by atoms with Crippen LogP contribution in [0.25, 0.3) is 0 Å². The van der Waals surface area contributed by atoms with Gasteiger partial charge in [-0.15, -0.1) is 0 Å². The van der Waals surface area contributed by atoms with Gasteiger partial charge in [-0.2, -0.15) is 4.98 Å². The number of para-hydroxylation sites is 2. The molecule has 104 valence electrons. The highest BCUT2D eigenvalue weighted by Crippen LogP contribution is 2.28. The Hall–Kier alpha value is -2.30. The molecule has 0 amide bonds. The number of ether oxygens (including phenoxy) is 1. The Morgan fingerprint density at radius 2 is 2.00 bits per heavy atom. The molecule has 1 saturated carbocycles. The van der Waals surface area contributed by atoms with E-state index >= 15 is 0 Å². The lowest BCUT2D eigenvalue weighted by atomic mass is 10.3. The molecule has 3 rings (SSSR count). The fourth-order valence-electron chi connectivity index (χ4n) is 1.99. The second kappa shape index (κ2) is 5.36. The second-order valence-corrected chi connectivity index (χ2v) is 4.96. The quantitative estimate of drug-likeness (QED) is 0.874. The van der Waals surface area contributed by atoms with Crippen molar-refractivity contribution in [3.63, 3.8) is 0 Å². The summed E-state index contributed by atoms with van der Waals surface area (Å²) in [5, 5.41) is 6.60. The Kier molecular flexibility index (Phi) is 3.41. The molecule has 2 N–H and O–H groups in total. The van der Waals surface area contributed by atoms with E-state index in [1.54, 1.807) is 7.11 Å². The van der Waals surface area contributed by atoms with Crippen LogP contribution in [0.15, 0.2) is 30.3 Å². The predicted octanol–water partition coefficient (Wildman–Crippen LogP) is 3.11. The van der Waals surface area contributed by atoms with Crippen LogP contribution < -0.4 is 15.4 Å². The van der Waals surface area contributed by atoms with Gasteiger partial charge in [-0.3, -0.25) is 0 Å². The number of aryl methyl sites for hydroxylation is 1. The van der Waals surface area contributed by atoms with Crippen molar-refractivity contribution >= 4 is 17.5 Å². The number of nitrogens with zero attached hydrogens (tertiary/aromatic N) is 2. The monoisotopic (exact) mass is 270 g/mol. The Balaban J connectivity index is 1.83. The summed E-state index contributed by atoms with van der Waals surface area (Å²) >= 11 is 0. The number of rotatable bonds is 5. The van der Waals surface area contributed by atoms with Gasteiger partial charge in [0.1, 0.15) is 11.6 Å². The van der Waals surface area contributed by atoms with Crippen LogP contribution in [-0.4, -0.2) is 23.1 Å². The maximum absolute atomic E-state index is 5.33. The molecule has 1 fully saturated rings. The van der Waals surface area contributed by atoms with E-state index in [1.165, 1.54) is 12.8 Å². The van der Waals surface area contributed by atoms with Gasteiger partial charge in [0.25, 0.3) is 0 Å². The molecule has 0 saturated heterocycles. The summed E-state index contributed by atoms with van der Waals surface area (Å²) in [6.45, 7) is 1.97. The third kappa shape index (κ3) is 2.99. The molecule has 2 aromatic rings. The number of methoxy groups -OCH3 is 1. The molecule has 0 spiro atoms. The Bertz CT molecular complexity index is 611. The summed E-state index contributed by atoms with van der Waals surface area (Å²) in [6.07, 6.45) is 2.40. The molecule has 0 aliphatic heterocycles. The molecular weight excluding hydrogens is 252 g/mol. The molecule has 1 aromatic carbocycles. The first-order valence-corrected chi connectivity index (χ1v) is 6.77. The zero-order valence-electron chi connectivity index (χ0n) is 11.7. The molecule has 1 aliphatic carbocycles. The summed E-state index contributed by atoms with van der Waals surface area (Å²) in [5.41, 5.74) is 1.83. The lowest BCUT2D eigenvalue weighted by Gasteiger charge is -2.12. The van der Waals surface area contributed by atoms with Crippen LogP contribution in [0.1, 0.15) is 18.5 Å². The molecule has 1 heterocycles. The number of anilines is 3. The average molecular weight is 270 g/mol. The molecule has 5 heteroatoms. The van der Waals surface area contributed by atoms with Gasteiger partial charge in [-0.05, 0) is 31.9 Å². The van der Waals surface area contributed by atoms with Crippen LogP contribution in [0.2, 0.25) is 0 Å². The lowest BCUT2D eigenvalue weighted by molar-refractivity contribution is 0.417. The number of aromatic nitrogens is 2. The third-order valence-electron chi connectivity index (χ3n) is 3.13. The van der Waals surface area contributed by atoms with E-state index in [9.17, 15) is 0 Å². The average Bonchev–Trinajstić information content (AvgIpc) is 3.22. The molecule has 5 nitrogen and oxygen atoms in total. The zero-order chi connectivity index (χ0) is 13.9. The number of hydrogen-bond donors (Lipinski definition) is 2. The Morgan fingerprint density at radius 1 is 1.20 bits per heavy atom. The first kappa shape index (κ1) is 12.7. The number of hydrogen-bond acceptors (Lipinski definition) is 5. The Morgan fingerprint density at radius 3 is 2.75 bits per heavy atom. The normalized spacial score (nSPS) is 13.9. The standard InChI is InChI=1S/C15H18N4O/c1-10-9-14(19-15(16-10)17-11-7-8-11)18-12-5-3-4-6-13(12)20-2/h3-6,9,11H,7-8H2,1-2H3,(H2,16,17,18,19). The maximum Gasteiger partial charge on any atom is 0.225 e. The van der Waals surface area contributed by atoms with Crippen molar-refractivity contribution in [1.82, 2.24) is 9.97 Å². The molecule has 1 aromatic heterocycles. The van der Waals surface area contributed by atoms with Crippen molar-refractivity contribution in [2.45, 2.75) is 25.8 Å². The fraction of sp³-hybridized carbons (Fsp3) is 0.333. The van der Waals surface area contributed by atoms with Crippen molar-refractivity contribution in [3.8, 4) is 5.75 Å². The molecule has 20 heavy (non-hydrogen) atoms. The first-order valence-electron chi connectivity index (χ1n) is 6.77. The van der Waals surface area contributed by atoms with Gasteiger partial charge >= 0.3 is 0 Å². The van der Waals surface area contributed by atoms with Crippen LogP contribution >= 0.6 is 0 Å². The fourth-order valence-corrected chi connectivity index (χ4v) is 1.99. The summed E-state index contributed by atoms with van der Waals surface area (Å²) in [7, 11) is 1.66. The van der Waals surface area contributed by atoms with Crippen LogP contribution in [0.4, 0.5) is 17.5 Å². The van der Waals surface area contributed by atoms with Crippen molar-refractivity contribution < 1.29 is 4.74 Å². The van der Waals surface area contributed by atoms with E-state index in [2.05, 4.69) is 20.6 Å². The highest BCUT2D eigenvalue weighted by atomic mass is 16.5. The molecule has 1 aliphatic rings. The summed E-state index contributed by atoms with van der Waals surface area (Å²) < 4.78 is 5.33. The van der Waals surface area contributed by atoms with E-state index in [0.29, 0.717) is 12.0 Å². The minimum absolute atomic E-state index is 0.538. The minimum atomic E-state index is 0.538. The second-order valence-electron chi connectivity index (χ2n) is 4.96. The molecular formula is C15H18N4O. The van der Waals surface area contributed by atoms with E-state index in [0.717, 1.165) is 22.9 Å². The number of nitrogens with one attached hydrogen (secondary N) is 2. The van der Waals surface area contributed by atoms with Crippen molar-refractivity contribution in [1.29, 1.82) is 0 Å². The van der Waals surface area contributed by atoms with E-state index < -0.39 is 0 Å². The van der Waals surface area contributed by atoms with Gasteiger partial charge in [0.05, 0.1) is 12.8 Å². The topological polar surface area (TPSA) is 59.1 Å². The van der Waals surface area contributed by atoms with Crippen LogP contribution in [0.5, 0.6) is 5.75 Å². The summed E-state index contributed by atoms with van der Waals surface area (Å²) in [5.74, 6) is 2.25. The summed E-state index contributed by atoms with van der Waals surface area (Å²) in [4.78, 5) is 8.90. The van der Waals surface area contributed by atoms with E-state index in [1.807, 2.05) is 37.3 Å². The lowest BCUT2D eigenvalue weighted by Crippen LogP contribution is -2.07. The van der Waals surface area contributed by atoms with Crippen LogP contribution in [-0.2, 0) is 0 Å². The highest BCUT2D eigenvalue weighted by molar-refractivity contribution is 5.64. The van der Waals surface area contributed by atoms with Crippen molar-refractivity contribution in [2.75, 3.05) is 17.7 Å². The van der Waals surface area contributed by atoms with Gasteiger partial charge in [0, 0.05) is 17.8 Å². The Labute approximate surface area is 118 Å². The van der Waals surface area contributed by atoms with Crippen LogP contribution in [0, 0.1) is 6.92 Å². The first-order chi connectivity index (χ1) is 9.74. The molecule has 0 atom stereocenters. The maximum atomic E-state index is 5.33. The number of benzene rings is 1. The third-order valence-corrected chi connectivity index (χ3v) is 3.13. The highest BCUT2D eigenvalue weighted by Gasteiger charge is 2.22.